The minimum Gasteiger partial charge on any atom is -0.330 e. The molecule has 1 aliphatic rings. The summed E-state index contributed by atoms with van der Waals surface area (Å²) in [6.45, 7) is 0.735. The lowest BCUT2D eigenvalue weighted by atomic mass is 9.82. The average molecular weight is 155 g/mol. The van der Waals surface area contributed by atoms with Gasteiger partial charge in [-0.1, -0.05) is 0 Å². The molecule has 0 saturated heterocycles. The van der Waals surface area contributed by atoms with Gasteiger partial charge in [0.1, 0.15) is 0 Å². The normalized spacial score (nSPS) is 31.7. The molecule has 1 fully saturated rings. The first kappa shape index (κ1) is 8.53. The third-order valence-corrected chi connectivity index (χ3v) is 2.55. The molecule has 3 N–H and O–H groups in total. The first-order valence-electron chi connectivity index (χ1n) is 4.19. The number of carbonyl (C=O) groups is 1. The van der Waals surface area contributed by atoms with E-state index in [2.05, 4.69) is 0 Å². The van der Waals surface area contributed by atoms with Gasteiger partial charge in [-0.2, -0.15) is 0 Å². The summed E-state index contributed by atoms with van der Waals surface area (Å²) in [5.41, 5.74) is 12.4. The number of carbonyl (C=O) groups excluding carboxylic acids is 1. The van der Waals surface area contributed by atoms with Gasteiger partial charge in [0.15, 0.2) is 0 Å². The Morgan fingerprint density at radius 1 is 1.36 bits per heavy atom. The third-order valence-electron chi connectivity index (χ3n) is 2.55. The van der Waals surface area contributed by atoms with E-state index in [1.54, 1.807) is 0 Å². The summed E-state index contributed by atoms with van der Waals surface area (Å²) in [6.07, 6.45) is 3.83. The fourth-order valence-electron chi connectivity index (χ4n) is 1.66. The van der Waals surface area contributed by atoms with E-state index in [1.807, 2.05) is 0 Å². The lowest BCUT2D eigenvalue weighted by Gasteiger charge is -2.24. The number of nitrogens with two attached hydrogens (primary N) is 1. The summed E-state index contributed by atoms with van der Waals surface area (Å²) in [6, 6.07) is 0. The molecular weight excluding hydrogens is 140 g/mol. The second-order valence-electron chi connectivity index (χ2n) is 3.32. The van der Waals surface area contributed by atoms with Crippen LogP contribution in [0.5, 0.6) is 0 Å². The van der Waals surface area contributed by atoms with Crippen LogP contribution in [0.1, 0.15) is 25.7 Å². The molecular formula is C8H15N2O. The van der Waals surface area contributed by atoms with Gasteiger partial charge in [-0.25, -0.2) is 0 Å². The second-order valence-corrected chi connectivity index (χ2v) is 3.32. The van der Waals surface area contributed by atoms with Crippen molar-refractivity contribution in [1.82, 2.24) is 5.73 Å². The molecule has 1 radical (unpaired) electrons. The van der Waals surface area contributed by atoms with Crippen LogP contribution in [-0.4, -0.2) is 12.5 Å². The predicted octanol–water partition coefficient (Wildman–Crippen LogP) is 0.561. The van der Waals surface area contributed by atoms with E-state index in [0.717, 1.165) is 32.2 Å². The molecule has 0 atom stereocenters. The molecule has 63 valence electrons. The zero-order chi connectivity index (χ0) is 8.27. The molecule has 1 amide bonds. The molecule has 0 aromatic rings. The zero-order valence-electron chi connectivity index (χ0n) is 6.68. The second kappa shape index (κ2) is 3.72. The first-order valence-corrected chi connectivity index (χ1v) is 4.19. The van der Waals surface area contributed by atoms with Crippen LogP contribution in [0, 0.1) is 11.8 Å². The maximum absolute atomic E-state index is 10.6. The minimum atomic E-state index is -0.388. The average Bonchev–Trinajstić information content (AvgIpc) is 2.05. The summed E-state index contributed by atoms with van der Waals surface area (Å²) in [5, 5.41) is 0. The molecule has 0 spiro atoms. The lowest BCUT2D eigenvalue weighted by Crippen LogP contribution is -2.25. The fraction of sp³-hybridized carbons (Fsp3) is 0.875. The quantitative estimate of drug-likeness (QED) is 0.633. The Hall–Kier alpha value is -0.570. The van der Waals surface area contributed by atoms with Crippen LogP contribution in [0.3, 0.4) is 0 Å². The molecule has 3 nitrogen and oxygen atoms in total. The number of nitrogens with one attached hydrogen (secondary N) is 1. The Balaban J connectivity index is 2.30. The Morgan fingerprint density at radius 3 is 2.27 bits per heavy atom. The van der Waals surface area contributed by atoms with Crippen molar-refractivity contribution in [2.45, 2.75) is 25.7 Å². The van der Waals surface area contributed by atoms with Gasteiger partial charge in [-0.15, -0.1) is 0 Å². The van der Waals surface area contributed by atoms with Crippen LogP contribution in [0.2, 0.25) is 0 Å². The highest BCUT2D eigenvalue weighted by Gasteiger charge is 2.23. The number of amides is 1. The van der Waals surface area contributed by atoms with E-state index >= 15 is 0 Å². The van der Waals surface area contributed by atoms with Gasteiger partial charge in [0.25, 0.3) is 0 Å². The molecule has 1 saturated carbocycles. The standard InChI is InChI=1S/C8H15N2O/c9-5-6-1-3-7(4-2-6)8(10)11/h6-7,10H,1-5,9H2. The van der Waals surface area contributed by atoms with Gasteiger partial charge >= 0.3 is 0 Å². The molecule has 3 heteroatoms. The van der Waals surface area contributed by atoms with Crippen LogP contribution >= 0.6 is 0 Å². The van der Waals surface area contributed by atoms with Gasteiger partial charge in [0.05, 0.1) is 0 Å². The summed E-state index contributed by atoms with van der Waals surface area (Å²) < 4.78 is 0. The maximum Gasteiger partial charge on any atom is 0.241 e. The van der Waals surface area contributed by atoms with Crippen LogP contribution < -0.4 is 11.5 Å². The Kier molecular flexibility index (Phi) is 2.88. The van der Waals surface area contributed by atoms with E-state index in [-0.39, 0.29) is 11.8 Å². The number of hydrogen-bond donors (Lipinski definition) is 1. The van der Waals surface area contributed by atoms with Crippen molar-refractivity contribution < 1.29 is 4.79 Å². The highest BCUT2D eigenvalue weighted by Crippen LogP contribution is 2.27. The van der Waals surface area contributed by atoms with Gasteiger partial charge in [0.2, 0.25) is 5.91 Å². The SMILES string of the molecule is [NH]C(=O)C1CCC(CN)CC1. The summed E-state index contributed by atoms with van der Waals surface area (Å²) in [5.74, 6) is 0.226. The van der Waals surface area contributed by atoms with Crippen LogP contribution in [0.15, 0.2) is 0 Å². The lowest BCUT2D eigenvalue weighted by molar-refractivity contribution is -0.123. The molecule has 0 bridgehead atoms. The van der Waals surface area contributed by atoms with Gasteiger partial charge < -0.3 is 5.73 Å². The molecule has 0 unspecified atom stereocenters. The zero-order valence-corrected chi connectivity index (χ0v) is 6.68. The molecule has 0 aromatic carbocycles. The van der Waals surface area contributed by atoms with Crippen molar-refractivity contribution in [3.63, 3.8) is 0 Å². The Bertz CT molecular complexity index is 139. The summed E-state index contributed by atoms with van der Waals surface area (Å²) in [7, 11) is 0. The molecule has 11 heavy (non-hydrogen) atoms. The van der Waals surface area contributed by atoms with Crippen LogP contribution in [0.25, 0.3) is 0 Å². The molecule has 1 aliphatic carbocycles. The molecule has 1 rings (SSSR count). The largest absolute Gasteiger partial charge is 0.330 e. The van der Waals surface area contributed by atoms with E-state index in [4.69, 9.17) is 11.5 Å². The number of rotatable bonds is 2. The monoisotopic (exact) mass is 155 g/mol. The fourth-order valence-corrected chi connectivity index (χ4v) is 1.66. The van der Waals surface area contributed by atoms with Crippen molar-refractivity contribution in [1.29, 1.82) is 0 Å². The summed E-state index contributed by atoms with van der Waals surface area (Å²) >= 11 is 0. The van der Waals surface area contributed by atoms with Crippen molar-refractivity contribution in [2.75, 3.05) is 6.54 Å². The van der Waals surface area contributed by atoms with Gasteiger partial charge in [0, 0.05) is 5.92 Å². The van der Waals surface area contributed by atoms with Crippen molar-refractivity contribution in [3.05, 3.63) is 0 Å². The Morgan fingerprint density at radius 2 is 1.91 bits per heavy atom. The van der Waals surface area contributed by atoms with E-state index in [0.29, 0.717) is 5.92 Å². The van der Waals surface area contributed by atoms with Crippen molar-refractivity contribution >= 4 is 5.91 Å². The predicted molar refractivity (Wildman–Crippen MR) is 42.6 cm³/mol. The highest BCUT2D eigenvalue weighted by molar-refractivity contribution is 5.75. The van der Waals surface area contributed by atoms with E-state index < -0.39 is 0 Å². The minimum absolute atomic E-state index is 0.0119. The van der Waals surface area contributed by atoms with E-state index in [1.165, 1.54) is 0 Å². The topological polar surface area (TPSA) is 66.9 Å². The highest BCUT2D eigenvalue weighted by atomic mass is 16.1. The molecule has 0 aromatic heterocycles. The maximum atomic E-state index is 10.6. The third kappa shape index (κ3) is 2.19. The Labute approximate surface area is 67.1 Å². The van der Waals surface area contributed by atoms with Gasteiger partial charge in [-0.05, 0) is 38.1 Å². The van der Waals surface area contributed by atoms with Crippen molar-refractivity contribution in [3.8, 4) is 0 Å². The van der Waals surface area contributed by atoms with Crippen molar-refractivity contribution in [2.24, 2.45) is 17.6 Å². The summed E-state index contributed by atoms with van der Waals surface area (Å²) in [4.78, 5) is 10.6. The first-order chi connectivity index (χ1) is 5.24. The molecule has 0 aliphatic heterocycles. The molecule has 0 heterocycles. The van der Waals surface area contributed by atoms with Crippen LogP contribution in [-0.2, 0) is 4.79 Å². The van der Waals surface area contributed by atoms with Gasteiger partial charge in [-0.3, -0.25) is 10.5 Å². The van der Waals surface area contributed by atoms with E-state index in [9.17, 15) is 4.79 Å². The smallest absolute Gasteiger partial charge is 0.241 e. The number of hydrogen-bond acceptors (Lipinski definition) is 2. The van der Waals surface area contributed by atoms with Crippen LogP contribution in [0.4, 0.5) is 0 Å².